The number of nitrogens with one attached hydrogen (secondary N) is 3. The Hall–Kier alpha value is -2.08. The number of benzene rings is 1. The normalized spacial score (nSPS) is 15.0. The SMILES string of the molecule is CNCCCC(=O)NC(C)CC(=O)Nc1cccc(N2CCCC2)c1. The van der Waals surface area contributed by atoms with Gasteiger partial charge in [-0.25, -0.2) is 0 Å². The van der Waals surface area contributed by atoms with Gasteiger partial charge in [0.1, 0.15) is 0 Å². The fourth-order valence-corrected chi connectivity index (χ4v) is 3.07. The van der Waals surface area contributed by atoms with Crippen molar-refractivity contribution in [1.82, 2.24) is 10.6 Å². The molecule has 2 rings (SSSR count). The molecule has 0 bridgehead atoms. The lowest BCUT2D eigenvalue weighted by Crippen LogP contribution is -2.35. The van der Waals surface area contributed by atoms with E-state index in [-0.39, 0.29) is 24.3 Å². The number of hydrogen-bond acceptors (Lipinski definition) is 4. The van der Waals surface area contributed by atoms with Crippen LogP contribution in [0.25, 0.3) is 0 Å². The molecule has 1 saturated heterocycles. The third kappa shape index (κ3) is 6.74. The van der Waals surface area contributed by atoms with Gasteiger partial charge in [-0.15, -0.1) is 0 Å². The Balaban J connectivity index is 1.77. The minimum absolute atomic E-state index is 0.00780. The van der Waals surface area contributed by atoms with Crippen molar-refractivity contribution in [2.45, 2.75) is 45.1 Å². The molecule has 1 aromatic rings. The summed E-state index contributed by atoms with van der Waals surface area (Å²) in [5, 5.41) is 8.82. The second kappa shape index (κ2) is 10.0. The highest BCUT2D eigenvalue weighted by atomic mass is 16.2. The maximum absolute atomic E-state index is 12.2. The van der Waals surface area contributed by atoms with Crippen LogP contribution in [0.2, 0.25) is 0 Å². The number of carbonyl (C=O) groups excluding carboxylic acids is 2. The molecule has 2 amide bonds. The van der Waals surface area contributed by atoms with Gasteiger partial charge in [-0.3, -0.25) is 9.59 Å². The summed E-state index contributed by atoms with van der Waals surface area (Å²) < 4.78 is 0. The average Bonchev–Trinajstić information content (AvgIpc) is 3.09. The van der Waals surface area contributed by atoms with E-state index in [4.69, 9.17) is 0 Å². The lowest BCUT2D eigenvalue weighted by molar-refractivity contribution is -0.122. The van der Waals surface area contributed by atoms with E-state index in [1.165, 1.54) is 12.8 Å². The second-order valence-corrected chi connectivity index (χ2v) is 6.67. The third-order valence-corrected chi connectivity index (χ3v) is 4.33. The first kappa shape index (κ1) is 19.2. The summed E-state index contributed by atoms with van der Waals surface area (Å²) in [6, 6.07) is 7.79. The molecule has 25 heavy (non-hydrogen) atoms. The first-order valence-corrected chi connectivity index (χ1v) is 9.17. The second-order valence-electron chi connectivity index (χ2n) is 6.67. The summed E-state index contributed by atoms with van der Waals surface area (Å²) >= 11 is 0. The van der Waals surface area contributed by atoms with Gasteiger partial charge >= 0.3 is 0 Å². The van der Waals surface area contributed by atoms with Gasteiger partial charge in [0.15, 0.2) is 0 Å². The molecule has 1 aromatic carbocycles. The molecule has 3 N–H and O–H groups in total. The molecule has 6 nitrogen and oxygen atoms in total. The molecule has 0 spiro atoms. The van der Waals surface area contributed by atoms with Crippen LogP contribution in [0.15, 0.2) is 24.3 Å². The molecule has 1 heterocycles. The van der Waals surface area contributed by atoms with E-state index in [0.717, 1.165) is 37.4 Å². The minimum atomic E-state index is -0.177. The van der Waals surface area contributed by atoms with E-state index in [2.05, 4.69) is 26.9 Å². The van der Waals surface area contributed by atoms with Crippen molar-refractivity contribution < 1.29 is 9.59 Å². The van der Waals surface area contributed by atoms with Crippen LogP contribution in [0.3, 0.4) is 0 Å². The maximum Gasteiger partial charge on any atom is 0.226 e. The van der Waals surface area contributed by atoms with Crippen LogP contribution < -0.4 is 20.9 Å². The number of rotatable bonds is 9. The molecular weight excluding hydrogens is 316 g/mol. The number of hydrogen-bond donors (Lipinski definition) is 3. The summed E-state index contributed by atoms with van der Waals surface area (Å²) in [7, 11) is 1.86. The number of nitrogens with zero attached hydrogens (tertiary/aromatic N) is 1. The Morgan fingerprint density at radius 2 is 1.96 bits per heavy atom. The van der Waals surface area contributed by atoms with Gasteiger partial charge in [0.25, 0.3) is 0 Å². The highest BCUT2D eigenvalue weighted by molar-refractivity contribution is 5.92. The summed E-state index contributed by atoms with van der Waals surface area (Å²) in [6.45, 7) is 4.83. The highest BCUT2D eigenvalue weighted by Gasteiger charge is 2.14. The Morgan fingerprint density at radius 3 is 2.68 bits per heavy atom. The van der Waals surface area contributed by atoms with E-state index in [1.54, 1.807) is 0 Å². The zero-order chi connectivity index (χ0) is 18.1. The molecule has 0 aromatic heterocycles. The van der Waals surface area contributed by atoms with Gasteiger partial charge in [0.2, 0.25) is 11.8 Å². The molecule has 1 atom stereocenters. The van der Waals surface area contributed by atoms with Crippen molar-refractivity contribution in [1.29, 1.82) is 0 Å². The van der Waals surface area contributed by atoms with Gasteiger partial charge in [-0.1, -0.05) is 6.07 Å². The summed E-state index contributed by atoms with van der Waals surface area (Å²) in [5.74, 6) is -0.0897. The lowest BCUT2D eigenvalue weighted by Gasteiger charge is -2.19. The largest absolute Gasteiger partial charge is 0.371 e. The summed E-state index contributed by atoms with van der Waals surface area (Å²) in [5.41, 5.74) is 1.96. The van der Waals surface area contributed by atoms with E-state index in [0.29, 0.717) is 6.42 Å². The zero-order valence-electron chi connectivity index (χ0n) is 15.3. The van der Waals surface area contributed by atoms with Crippen molar-refractivity contribution in [3.05, 3.63) is 24.3 Å². The molecular formula is C19H30N4O2. The molecule has 1 aliphatic rings. The molecule has 1 aliphatic heterocycles. The predicted octanol–water partition coefficient (Wildman–Crippen LogP) is 2.12. The van der Waals surface area contributed by atoms with Crippen LogP contribution in [0.4, 0.5) is 11.4 Å². The van der Waals surface area contributed by atoms with Gasteiger partial charge in [-0.2, -0.15) is 0 Å². The van der Waals surface area contributed by atoms with Crippen LogP contribution in [0.5, 0.6) is 0 Å². The van der Waals surface area contributed by atoms with Crippen molar-refractivity contribution >= 4 is 23.2 Å². The first-order chi connectivity index (χ1) is 12.1. The standard InChI is InChI=1S/C19H30N4O2/c1-15(21-18(24)9-6-10-20-2)13-19(25)22-16-7-5-8-17(14-16)23-11-3-4-12-23/h5,7-8,14-15,20H,3-4,6,9-13H2,1-2H3,(H,21,24)(H,22,25). The molecule has 1 fully saturated rings. The van der Waals surface area contributed by atoms with Crippen LogP contribution in [0.1, 0.15) is 39.0 Å². The van der Waals surface area contributed by atoms with E-state index >= 15 is 0 Å². The molecule has 6 heteroatoms. The smallest absolute Gasteiger partial charge is 0.226 e. The van der Waals surface area contributed by atoms with Crippen molar-refractivity contribution in [3.63, 3.8) is 0 Å². The molecule has 0 saturated carbocycles. The molecule has 0 aliphatic carbocycles. The quantitative estimate of drug-likeness (QED) is 0.599. The van der Waals surface area contributed by atoms with Crippen LogP contribution >= 0.6 is 0 Å². The zero-order valence-corrected chi connectivity index (χ0v) is 15.3. The van der Waals surface area contributed by atoms with Gasteiger partial charge in [0.05, 0.1) is 0 Å². The van der Waals surface area contributed by atoms with E-state index < -0.39 is 0 Å². The average molecular weight is 346 g/mol. The Labute approximate surface area is 150 Å². The van der Waals surface area contributed by atoms with Crippen LogP contribution in [0, 0.1) is 0 Å². The predicted molar refractivity (Wildman–Crippen MR) is 102 cm³/mol. The number of anilines is 2. The monoisotopic (exact) mass is 346 g/mol. The first-order valence-electron chi connectivity index (χ1n) is 9.17. The fourth-order valence-electron chi connectivity index (χ4n) is 3.07. The van der Waals surface area contributed by atoms with Gasteiger partial charge in [-0.05, 0) is 58.0 Å². The van der Waals surface area contributed by atoms with E-state index in [9.17, 15) is 9.59 Å². The Bertz CT molecular complexity index is 570. The van der Waals surface area contributed by atoms with E-state index in [1.807, 2.05) is 32.2 Å². The summed E-state index contributed by atoms with van der Waals surface area (Å²) in [6.07, 6.45) is 3.99. The lowest BCUT2D eigenvalue weighted by atomic mass is 10.2. The van der Waals surface area contributed by atoms with Gasteiger partial charge in [0, 0.05) is 43.3 Å². The van der Waals surface area contributed by atoms with Crippen LogP contribution in [-0.4, -0.2) is 44.5 Å². The van der Waals surface area contributed by atoms with Crippen molar-refractivity contribution in [2.75, 3.05) is 36.9 Å². The number of amides is 2. The topological polar surface area (TPSA) is 73.5 Å². The molecule has 138 valence electrons. The number of carbonyl (C=O) groups is 2. The van der Waals surface area contributed by atoms with Crippen LogP contribution in [-0.2, 0) is 9.59 Å². The molecule has 0 radical (unpaired) electrons. The third-order valence-electron chi connectivity index (χ3n) is 4.33. The Morgan fingerprint density at radius 1 is 1.20 bits per heavy atom. The fraction of sp³-hybridized carbons (Fsp3) is 0.579. The van der Waals surface area contributed by atoms with Crippen molar-refractivity contribution in [3.8, 4) is 0 Å². The Kier molecular flexibility index (Phi) is 7.73. The van der Waals surface area contributed by atoms with Gasteiger partial charge < -0.3 is 20.9 Å². The van der Waals surface area contributed by atoms with Crippen molar-refractivity contribution in [2.24, 2.45) is 0 Å². The maximum atomic E-state index is 12.2. The molecule has 1 unspecified atom stereocenters. The summed E-state index contributed by atoms with van der Waals surface area (Å²) in [4.78, 5) is 26.3. The minimum Gasteiger partial charge on any atom is -0.371 e. The highest BCUT2D eigenvalue weighted by Crippen LogP contribution is 2.23.